The molecule has 0 spiro atoms. The molecular formula is C24H21ClF2N4O. The van der Waals surface area contributed by atoms with Crippen LogP contribution in [0.15, 0.2) is 55.0 Å². The number of rotatable bonds is 5. The van der Waals surface area contributed by atoms with Crippen molar-refractivity contribution in [3.8, 4) is 11.1 Å². The summed E-state index contributed by atoms with van der Waals surface area (Å²) in [6.45, 7) is 4.96. The number of nitrogens with zero attached hydrogens (tertiary/aromatic N) is 3. The fourth-order valence-electron chi connectivity index (χ4n) is 3.46. The van der Waals surface area contributed by atoms with Gasteiger partial charge in [-0.2, -0.15) is 0 Å². The molecule has 1 atom stereocenters. The first kappa shape index (κ1) is 22.0. The van der Waals surface area contributed by atoms with E-state index in [2.05, 4.69) is 20.3 Å². The fraction of sp³-hybridized carbons (Fsp3) is 0.208. The summed E-state index contributed by atoms with van der Waals surface area (Å²) in [5.74, 6) is -0.631. The molecule has 32 heavy (non-hydrogen) atoms. The molecule has 2 aromatic carbocycles. The first-order valence-corrected chi connectivity index (χ1v) is 10.4. The quantitative estimate of drug-likeness (QED) is 0.385. The number of nitrogens with one attached hydrogen (secondary N) is 1. The summed E-state index contributed by atoms with van der Waals surface area (Å²) < 4.78 is 29.2. The van der Waals surface area contributed by atoms with Gasteiger partial charge in [0.15, 0.2) is 5.82 Å². The van der Waals surface area contributed by atoms with E-state index < -0.39 is 17.5 Å². The van der Waals surface area contributed by atoms with E-state index in [9.17, 15) is 13.9 Å². The summed E-state index contributed by atoms with van der Waals surface area (Å²) in [6.07, 6.45) is 4.41. The molecule has 0 amide bonds. The molecule has 2 N–H and O–H groups in total. The summed E-state index contributed by atoms with van der Waals surface area (Å²) in [5, 5.41) is 14.0. The zero-order chi connectivity index (χ0) is 23.0. The third-order valence-corrected chi connectivity index (χ3v) is 5.43. The molecule has 2 heterocycles. The van der Waals surface area contributed by atoms with Gasteiger partial charge in [0, 0.05) is 35.1 Å². The zero-order valence-electron chi connectivity index (χ0n) is 17.7. The van der Waals surface area contributed by atoms with Gasteiger partial charge in [0.1, 0.15) is 22.8 Å². The van der Waals surface area contributed by atoms with E-state index in [1.165, 1.54) is 30.7 Å². The molecular weight excluding hydrogens is 434 g/mol. The van der Waals surface area contributed by atoms with Crippen molar-refractivity contribution in [3.63, 3.8) is 0 Å². The lowest BCUT2D eigenvalue weighted by Crippen LogP contribution is -2.19. The largest absolute Gasteiger partial charge is 0.382 e. The molecule has 2 aromatic heterocycles. The van der Waals surface area contributed by atoms with Gasteiger partial charge in [-0.3, -0.25) is 4.98 Å². The van der Waals surface area contributed by atoms with E-state index in [1.54, 1.807) is 45.0 Å². The number of hydrogen-bond donors (Lipinski definition) is 2. The zero-order valence-corrected chi connectivity index (χ0v) is 18.5. The van der Waals surface area contributed by atoms with E-state index >= 15 is 0 Å². The number of pyridine rings is 1. The molecule has 164 valence electrons. The molecule has 0 fully saturated rings. The second-order valence-electron chi connectivity index (χ2n) is 8.08. The Labute approximate surface area is 189 Å². The molecule has 0 saturated carbocycles. The Morgan fingerprint density at radius 2 is 1.66 bits per heavy atom. The Morgan fingerprint density at radius 1 is 0.969 bits per heavy atom. The average Bonchev–Trinajstić information content (AvgIpc) is 2.75. The number of anilines is 1. The van der Waals surface area contributed by atoms with Gasteiger partial charge in [0.25, 0.3) is 0 Å². The molecule has 4 aromatic rings. The Kier molecular flexibility index (Phi) is 5.79. The lowest BCUT2D eigenvalue weighted by Gasteiger charge is -2.19. The van der Waals surface area contributed by atoms with Crippen LogP contribution in [-0.4, -0.2) is 20.1 Å². The second kappa shape index (κ2) is 8.41. The van der Waals surface area contributed by atoms with E-state index in [0.29, 0.717) is 27.8 Å². The highest BCUT2D eigenvalue weighted by Gasteiger charge is 2.20. The van der Waals surface area contributed by atoms with Crippen LogP contribution in [0.4, 0.5) is 14.5 Å². The molecule has 8 heteroatoms. The van der Waals surface area contributed by atoms with Gasteiger partial charge in [-0.25, -0.2) is 18.7 Å². The fourth-order valence-corrected chi connectivity index (χ4v) is 3.67. The molecule has 0 aliphatic rings. The average molecular weight is 455 g/mol. The molecule has 5 nitrogen and oxygen atoms in total. The Bertz CT molecular complexity index is 1290. The van der Waals surface area contributed by atoms with Crippen LogP contribution in [0.5, 0.6) is 0 Å². The highest BCUT2D eigenvalue weighted by atomic mass is 35.5. The van der Waals surface area contributed by atoms with E-state index in [1.807, 2.05) is 0 Å². The number of hydrogen-bond acceptors (Lipinski definition) is 5. The van der Waals surface area contributed by atoms with Crippen molar-refractivity contribution in [2.45, 2.75) is 32.4 Å². The van der Waals surface area contributed by atoms with E-state index in [4.69, 9.17) is 11.6 Å². The second-order valence-corrected chi connectivity index (χ2v) is 8.48. The van der Waals surface area contributed by atoms with Crippen molar-refractivity contribution >= 4 is 28.2 Å². The number of aromatic nitrogens is 3. The molecule has 4 rings (SSSR count). The maximum Gasteiger partial charge on any atom is 0.159 e. The summed E-state index contributed by atoms with van der Waals surface area (Å²) >= 11 is 6.40. The first-order chi connectivity index (χ1) is 15.1. The minimum Gasteiger partial charge on any atom is -0.382 e. The third-order valence-electron chi connectivity index (χ3n) is 5.14. The van der Waals surface area contributed by atoms with Gasteiger partial charge in [-0.05, 0) is 44.5 Å². The first-order valence-electron chi connectivity index (χ1n) is 9.99. The van der Waals surface area contributed by atoms with Crippen molar-refractivity contribution in [2.75, 3.05) is 5.32 Å². The highest BCUT2D eigenvalue weighted by Crippen LogP contribution is 2.36. The topological polar surface area (TPSA) is 70.9 Å². The third kappa shape index (κ3) is 4.26. The van der Waals surface area contributed by atoms with Crippen molar-refractivity contribution in [2.24, 2.45) is 0 Å². The van der Waals surface area contributed by atoms with Crippen LogP contribution >= 0.6 is 11.6 Å². The predicted molar refractivity (Wildman–Crippen MR) is 121 cm³/mol. The number of halogens is 3. The maximum absolute atomic E-state index is 15.0. The summed E-state index contributed by atoms with van der Waals surface area (Å²) in [5.41, 5.74) is 0.929. The molecule has 0 radical (unpaired) electrons. The minimum absolute atomic E-state index is 0.135. The van der Waals surface area contributed by atoms with Gasteiger partial charge in [0.05, 0.1) is 16.8 Å². The van der Waals surface area contributed by atoms with Crippen molar-refractivity contribution in [1.82, 2.24) is 15.0 Å². The van der Waals surface area contributed by atoms with E-state index in [0.717, 1.165) is 0 Å². The van der Waals surface area contributed by atoms with Crippen molar-refractivity contribution < 1.29 is 13.9 Å². The Balaban J connectivity index is 1.80. The number of benzene rings is 2. The van der Waals surface area contributed by atoms with Crippen LogP contribution in [0, 0.1) is 11.6 Å². The maximum atomic E-state index is 15.0. The van der Waals surface area contributed by atoms with Crippen LogP contribution in [0.3, 0.4) is 0 Å². The van der Waals surface area contributed by atoms with Crippen LogP contribution in [0.25, 0.3) is 22.0 Å². The van der Waals surface area contributed by atoms with Gasteiger partial charge in [0.2, 0.25) is 0 Å². The molecule has 0 aliphatic heterocycles. The van der Waals surface area contributed by atoms with Gasteiger partial charge < -0.3 is 10.4 Å². The number of aliphatic hydroxyl groups is 1. The standard InChI is InChI=1S/C24H21ClF2N4O/c1-13(16-6-4-5-7-19(16)26)31-21-17-8-14(9-20(27)22(17)28-12-18(21)25)15-10-29-23(30-11-15)24(2,3)32/h4-13,32H,1-3H3,(H,28,31). The summed E-state index contributed by atoms with van der Waals surface area (Å²) in [4.78, 5) is 12.5. The Hall–Kier alpha value is -3.16. The van der Waals surface area contributed by atoms with E-state index in [-0.39, 0.29) is 22.2 Å². The monoisotopic (exact) mass is 454 g/mol. The molecule has 0 aliphatic carbocycles. The van der Waals surface area contributed by atoms with Crippen LogP contribution in [0.2, 0.25) is 5.02 Å². The van der Waals surface area contributed by atoms with Crippen LogP contribution in [-0.2, 0) is 5.60 Å². The number of fused-ring (bicyclic) bond motifs is 1. The lowest BCUT2D eigenvalue weighted by molar-refractivity contribution is 0.0687. The highest BCUT2D eigenvalue weighted by molar-refractivity contribution is 6.34. The smallest absolute Gasteiger partial charge is 0.159 e. The van der Waals surface area contributed by atoms with Gasteiger partial charge in [-0.1, -0.05) is 29.8 Å². The summed E-state index contributed by atoms with van der Waals surface area (Å²) in [7, 11) is 0. The van der Waals surface area contributed by atoms with Crippen LogP contribution in [0.1, 0.15) is 38.2 Å². The van der Waals surface area contributed by atoms with Crippen molar-refractivity contribution in [3.05, 3.63) is 83.0 Å². The van der Waals surface area contributed by atoms with Crippen molar-refractivity contribution in [1.29, 1.82) is 0 Å². The SMILES string of the molecule is CC(Nc1c(Cl)cnc2c(F)cc(-c3cnc(C(C)(C)O)nc3)cc12)c1ccccc1F. The predicted octanol–water partition coefficient (Wildman–Crippen LogP) is 6.02. The summed E-state index contributed by atoms with van der Waals surface area (Å²) in [6, 6.07) is 9.07. The molecule has 1 unspecified atom stereocenters. The lowest BCUT2D eigenvalue weighted by atomic mass is 10.0. The van der Waals surface area contributed by atoms with Gasteiger partial charge in [-0.15, -0.1) is 0 Å². The molecule has 0 bridgehead atoms. The van der Waals surface area contributed by atoms with Gasteiger partial charge >= 0.3 is 0 Å². The van der Waals surface area contributed by atoms with Crippen LogP contribution < -0.4 is 5.32 Å². The normalized spacial score (nSPS) is 12.7. The minimum atomic E-state index is -1.19. The Morgan fingerprint density at radius 3 is 2.31 bits per heavy atom. The molecule has 0 saturated heterocycles.